The lowest BCUT2D eigenvalue weighted by atomic mass is 9.88. The number of aliphatic hydroxyl groups is 2. The molecule has 194 valence electrons. The van der Waals surface area contributed by atoms with E-state index in [4.69, 9.17) is 11.6 Å². The monoisotopic (exact) mass is 541 g/mol. The topological polar surface area (TPSA) is 112 Å². The number of anilines is 1. The molecule has 2 atom stereocenters. The third-order valence-electron chi connectivity index (χ3n) is 7.24. The predicted molar refractivity (Wildman–Crippen MR) is 129 cm³/mol. The van der Waals surface area contributed by atoms with Gasteiger partial charge in [0.2, 0.25) is 10.0 Å². The van der Waals surface area contributed by atoms with Gasteiger partial charge in [-0.15, -0.1) is 0 Å². The minimum atomic E-state index is -4.20. The van der Waals surface area contributed by atoms with Crippen LogP contribution in [0.4, 0.5) is 14.5 Å². The Labute approximate surface area is 212 Å². The Hall–Kier alpha value is -2.31. The van der Waals surface area contributed by atoms with E-state index in [2.05, 4.69) is 5.32 Å². The highest BCUT2D eigenvalue weighted by molar-refractivity contribution is 7.89. The number of carbonyl (C=O) groups is 1. The molecule has 36 heavy (non-hydrogen) atoms. The number of rotatable bonds is 5. The third-order valence-corrected chi connectivity index (χ3v) is 9.80. The summed E-state index contributed by atoms with van der Waals surface area (Å²) in [6.07, 6.45) is 6.05. The molecular weight excluding hydrogens is 516 g/mol. The van der Waals surface area contributed by atoms with Crippen LogP contribution in [-0.2, 0) is 16.6 Å². The molecule has 0 aliphatic carbocycles. The van der Waals surface area contributed by atoms with Gasteiger partial charge in [0.05, 0.1) is 22.9 Å². The van der Waals surface area contributed by atoms with Crippen molar-refractivity contribution in [2.75, 3.05) is 11.9 Å². The van der Waals surface area contributed by atoms with Gasteiger partial charge in [-0.1, -0.05) is 17.7 Å². The molecule has 2 aromatic rings. The molecule has 1 amide bonds. The van der Waals surface area contributed by atoms with Gasteiger partial charge >= 0.3 is 0 Å². The average molecular weight is 542 g/mol. The summed E-state index contributed by atoms with van der Waals surface area (Å²) < 4.78 is 58.0. The first-order valence-electron chi connectivity index (χ1n) is 11.8. The molecule has 0 spiro atoms. The lowest BCUT2D eigenvalue weighted by Gasteiger charge is -2.42. The van der Waals surface area contributed by atoms with E-state index in [1.165, 1.54) is 10.4 Å². The third kappa shape index (κ3) is 4.16. The fourth-order valence-electron chi connectivity index (χ4n) is 5.68. The summed E-state index contributed by atoms with van der Waals surface area (Å²) in [5.41, 5.74) is -1.15. The number of carbonyl (C=O) groups excluding carboxylic acids is 1. The van der Waals surface area contributed by atoms with Crippen LogP contribution < -0.4 is 5.32 Å². The van der Waals surface area contributed by atoms with Crippen LogP contribution in [0.1, 0.15) is 54.7 Å². The molecule has 2 unspecified atom stereocenters. The number of amides is 1. The molecular formula is C24H26ClF2N3O5S. The average Bonchev–Trinajstić information content (AvgIpc) is 3.16. The highest BCUT2D eigenvalue weighted by atomic mass is 35.5. The van der Waals surface area contributed by atoms with E-state index in [0.29, 0.717) is 32.2 Å². The second-order valence-corrected chi connectivity index (χ2v) is 11.8. The van der Waals surface area contributed by atoms with Crippen LogP contribution in [0.2, 0.25) is 5.02 Å². The van der Waals surface area contributed by atoms with Crippen LogP contribution in [0.15, 0.2) is 29.2 Å². The Kier molecular flexibility index (Phi) is 6.49. The molecule has 2 saturated heterocycles. The molecule has 0 saturated carbocycles. The zero-order chi connectivity index (χ0) is 25.8. The first kappa shape index (κ1) is 25.3. The first-order valence-corrected chi connectivity index (χ1v) is 13.6. The van der Waals surface area contributed by atoms with Crippen LogP contribution in [0, 0.1) is 11.6 Å². The van der Waals surface area contributed by atoms with E-state index in [9.17, 15) is 32.2 Å². The normalized spacial score (nSPS) is 26.0. The van der Waals surface area contributed by atoms with Gasteiger partial charge in [-0.05, 0) is 56.7 Å². The zero-order valence-electron chi connectivity index (χ0n) is 19.3. The molecule has 3 N–H and O–H groups in total. The maximum Gasteiger partial charge on any atom is 0.273 e. The van der Waals surface area contributed by atoms with E-state index in [0.717, 1.165) is 12.1 Å². The number of fused-ring (bicyclic) bond motifs is 3. The number of benzene rings is 1. The fraction of sp³-hybridized carbons (Fsp3) is 0.458. The minimum absolute atomic E-state index is 0.00329. The van der Waals surface area contributed by atoms with Gasteiger partial charge < -0.3 is 20.1 Å². The Bertz CT molecular complexity index is 1350. The van der Waals surface area contributed by atoms with Crippen molar-refractivity contribution in [1.29, 1.82) is 0 Å². The summed E-state index contributed by atoms with van der Waals surface area (Å²) in [5, 5.41) is 22.5. The first-order chi connectivity index (χ1) is 17.1. The zero-order valence-corrected chi connectivity index (χ0v) is 20.8. The molecule has 1 aromatic heterocycles. The molecule has 0 radical (unpaired) electrons. The molecule has 2 fully saturated rings. The van der Waals surface area contributed by atoms with E-state index < -0.39 is 51.9 Å². The van der Waals surface area contributed by atoms with Crippen molar-refractivity contribution in [2.24, 2.45) is 0 Å². The van der Waals surface area contributed by atoms with Crippen LogP contribution in [0.5, 0.6) is 0 Å². The summed E-state index contributed by atoms with van der Waals surface area (Å²) in [4.78, 5) is 13.1. The van der Waals surface area contributed by atoms with Crippen LogP contribution in [0.25, 0.3) is 6.08 Å². The standard InChI is InChI=1S/C24H26ClF2N3O5S/c25-20-21(23(32)28-14-5-8-17(26)18(27)10-14)29-9-3-1-2-4-19(29)22(20)36(34,35)30-15-6-7-16(30)12-24(33,11-15)13-31/h2,4-5,8,10,15-16,31,33H,1,3,6-7,9,11-13H2,(H,28,32). The van der Waals surface area contributed by atoms with Crippen molar-refractivity contribution in [3.63, 3.8) is 0 Å². The van der Waals surface area contributed by atoms with Crippen LogP contribution in [0.3, 0.4) is 0 Å². The van der Waals surface area contributed by atoms with Crippen molar-refractivity contribution < 1.29 is 32.2 Å². The molecule has 12 heteroatoms. The second-order valence-electron chi connectivity index (χ2n) is 9.67. The van der Waals surface area contributed by atoms with Gasteiger partial charge in [0.15, 0.2) is 11.6 Å². The SMILES string of the molecule is O=C(Nc1ccc(F)c(F)c1)c1c(Cl)c(S(=O)(=O)N2C3CCC2CC(O)(CO)C3)c2n1CCCC=C2. The number of allylic oxidation sites excluding steroid dienone is 1. The van der Waals surface area contributed by atoms with E-state index in [1.807, 2.05) is 6.08 Å². The summed E-state index contributed by atoms with van der Waals surface area (Å²) in [6, 6.07) is 1.89. The number of hydrogen-bond acceptors (Lipinski definition) is 5. The molecule has 3 aliphatic rings. The van der Waals surface area contributed by atoms with Crippen molar-refractivity contribution in [3.8, 4) is 0 Å². The number of sulfonamides is 1. The summed E-state index contributed by atoms with van der Waals surface area (Å²) in [7, 11) is -4.20. The van der Waals surface area contributed by atoms with Crippen molar-refractivity contribution in [2.45, 2.75) is 67.6 Å². The van der Waals surface area contributed by atoms with Crippen LogP contribution in [-0.4, -0.2) is 57.7 Å². The maximum absolute atomic E-state index is 14.1. The summed E-state index contributed by atoms with van der Waals surface area (Å²) >= 11 is 6.65. The smallest absolute Gasteiger partial charge is 0.273 e. The number of aliphatic hydroxyl groups excluding tert-OH is 1. The summed E-state index contributed by atoms with van der Waals surface area (Å²) in [6.45, 7) is -0.122. The Balaban J connectivity index is 1.57. The van der Waals surface area contributed by atoms with E-state index in [-0.39, 0.29) is 39.8 Å². The quantitative estimate of drug-likeness (QED) is 0.536. The minimum Gasteiger partial charge on any atom is -0.393 e. The van der Waals surface area contributed by atoms with Gasteiger partial charge in [-0.25, -0.2) is 17.2 Å². The van der Waals surface area contributed by atoms with E-state index in [1.54, 1.807) is 10.6 Å². The predicted octanol–water partition coefficient (Wildman–Crippen LogP) is 3.52. The van der Waals surface area contributed by atoms with Gasteiger partial charge in [-0.3, -0.25) is 4.79 Å². The number of nitrogens with zero attached hydrogens (tertiary/aromatic N) is 2. The molecule has 8 nitrogen and oxygen atoms in total. The largest absolute Gasteiger partial charge is 0.393 e. The maximum atomic E-state index is 14.1. The Morgan fingerprint density at radius 3 is 2.53 bits per heavy atom. The molecule has 5 rings (SSSR count). The lowest BCUT2D eigenvalue weighted by Crippen LogP contribution is -2.54. The van der Waals surface area contributed by atoms with Crippen molar-refractivity contribution in [3.05, 3.63) is 52.3 Å². The Morgan fingerprint density at radius 1 is 1.19 bits per heavy atom. The highest BCUT2D eigenvalue weighted by Gasteiger charge is 2.53. The number of aromatic nitrogens is 1. The van der Waals surface area contributed by atoms with Gasteiger partial charge in [0.1, 0.15) is 10.6 Å². The number of piperidine rings is 1. The van der Waals surface area contributed by atoms with Gasteiger partial charge in [-0.2, -0.15) is 4.31 Å². The second kappa shape index (κ2) is 9.21. The fourth-order valence-corrected chi connectivity index (χ4v) is 8.38. The summed E-state index contributed by atoms with van der Waals surface area (Å²) in [5.74, 6) is -2.95. The van der Waals surface area contributed by atoms with Crippen molar-refractivity contribution in [1.82, 2.24) is 8.87 Å². The van der Waals surface area contributed by atoms with Gasteiger partial charge in [0.25, 0.3) is 5.91 Å². The van der Waals surface area contributed by atoms with Crippen molar-refractivity contribution >= 4 is 39.3 Å². The van der Waals surface area contributed by atoms with Crippen LogP contribution >= 0.6 is 11.6 Å². The molecule has 1 aromatic carbocycles. The Morgan fingerprint density at radius 2 is 1.89 bits per heavy atom. The molecule has 2 bridgehead atoms. The number of hydrogen-bond donors (Lipinski definition) is 3. The van der Waals surface area contributed by atoms with E-state index >= 15 is 0 Å². The highest BCUT2D eigenvalue weighted by Crippen LogP contribution is 2.46. The number of halogens is 3. The van der Waals surface area contributed by atoms with Gasteiger partial charge in [0, 0.05) is 30.4 Å². The number of nitrogens with one attached hydrogen (secondary N) is 1. The lowest BCUT2D eigenvalue weighted by molar-refractivity contribution is -0.0663. The molecule has 4 heterocycles. The molecule has 3 aliphatic heterocycles.